The monoisotopic (exact) mass is 947 g/mol. The molecule has 0 radical (unpaired) electrons. The van der Waals surface area contributed by atoms with Gasteiger partial charge < -0.3 is 39.9 Å². The van der Waals surface area contributed by atoms with Crippen LogP contribution >= 0.6 is 0 Å². The number of anilines is 2. The molecule has 1 aromatic rings. The van der Waals surface area contributed by atoms with E-state index < -0.39 is 41.5 Å². The zero-order valence-corrected chi connectivity index (χ0v) is 39.3. The van der Waals surface area contributed by atoms with Crippen molar-refractivity contribution in [2.45, 2.75) is 41.5 Å². The van der Waals surface area contributed by atoms with Gasteiger partial charge in [-0.2, -0.15) is 0 Å². The number of esters is 6. The topological polar surface area (TPSA) is 239 Å². The third-order valence-corrected chi connectivity index (χ3v) is 11.5. The van der Waals surface area contributed by atoms with Gasteiger partial charge in [0, 0.05) is 0 Å². The summed E-state index contributed by atoms with van der Waals surface area (Å²) in [4.78, 5) is 92.5. The van der Waals surface area contributed by atoms with Gasteiger partial charge in [0.1, 0.15) is 5.69 Å². The Balaban J connectivity index is 1.52. The number of nitrogens with zero attached hydrogens (tertiary/aromatic N) is 1. The summed E-state index contributed by atoms with van der Waals surface area (Å²) in [5, 5.41) is 3.09. The fourth-order valence-corrected chi connectivity index (χ4v) is 8.57. The molecule has 6 aliphatic carbocycles. The van der Waals surface area contributed by atoms with Gasteiger partial charge in [-0.25, -0.2) is 28.8 Å². The molecule has 0 amide bonds. The molecule has 0 aromatic heterocycles. The van der Waals surface area contributed by atoms with Crippen molar-refractivity contribution in [1.29, 1.82) is 0 Å². The zero-order chi connectivity index (χ0) is 50.4. The summed E-state index contributed by atoms with van der Waals surface area (Å²) in [6, 6.07) is 26.1. The molecule has 0 atom stereocenters. The van der Waals surface area contributed by atoms with Crippen molar-refractivity contribution in [2.75, 3.05) is 51.1 Å². The lowest BCUT2D eigenvalue weighted by Crippen LogP contribution is -2.09. The van der Waals surface area contributed by atoms with Gasteiger partial charge in [-0.1, -0.05) is 72.8 Å². The Kier molecular flexibility index (Phi) is 14.8. The highest BCUT2D eigenvalue weighted by Gasteiger charge is 2.35. The number of nitrogens with two attached hydrogens (primary N) is 2. The van der Waals surface area contributed by atoms with Gasteiger partial charge in [-0.05, 0) is 132 Å². The van der Waals surface area contributed by atoms with Crippen LogP contribution in [-0.4, -0.2) is 75.5 Å². The van der Waals surface area contributed by atoms with Crippen molar-refractivity contribution in [3.8, 4) is 66.8 Å². The maximum atomic E-state index is 13.4. The first-order valence-corrected chi connectivity index (χ1v) is 22.6. The van der Waals surface area contributed by atoms with E-state index in [0.717, 1.165) is 0 Å². The molecule has 6 aliphatic rings. The van der Waals surface area contributed by atoms with Crippen LogP contribution in [0.15, 0.2) is 96.2 Å². The van der Waals surface area contributed by atoms with Crippen LogP contribution in [0.25, 0.3) is 66.8 Å². The summed E-state index contributed by atoms with van der Waals surface area (Å²) in [5.41, 5.74) is 17.7. The largest absolute Gasteiger partial charge is 0.462 e. The van der Waals surface area contributed by atoms with E-state index in [2.05, 4.69) is 5.18 Å². The maximum Gasteiger partial charge on any atom is 0.341 e. The first-order chi connectivity index (χ1) is 33.8. The molecule has 16 heteroatoms. The van der Waals surface area contributed by atoms with E-state index in [0.29, 0.717) is 55.6 Å². The minimum Gasteiger partial charge on any atom is -0.462 e. The van der Waals surface area contributed by atoms with Gasteiger partial charge in [0.15, 0.2) is 0 Å². The number of rotatable bonds is 16. The Bertz CT molecular complexity index is 2830. The molecular weight excluding hydrogens is 899 g/mol. The Morgan fingerprint density at radius 3 is 0.743 bits per heavy atom. The molecule has 70 heavy (non-hydrogen) atoms. The smallest absolute Gasteiger partial charge is 0.341 e. The van der Waals surface area contributed by atoms with E-state index in [1.165, 1.54) is 0 Å². The third-order valence-electron chi connectivity index (χ3n) is 11.5. The van der Waals surface area contributed by atoms with Crippen molar-refractivity contribution < 1.29 is 57.2 Å². The minimum absolute atomic E-state index is 0.00918. The number of nitrogen functional groups attached to an aromatic ring is 2. The highest BCUT2D eigenvalue weighted by Crippen LogP contribution is 2.46. The lowest BCUT2D eigenvalue weighted by atomic mass is 9.94. The molecular formula is C54H49N3O13. The van der Waals surface area contributed by atoms with Crippen molar-refractivity contribution in [2.24, 2.45) is 5.18 Å². The number of hydrogen-bond donors (Lipinski definition) is 2. The van der Waals surface area contributed by atoms with E-state index >= 15 is 0 Å². The van der Waals surface area contributed by atoms with E-state index in [1.807, 2.05) is 18.2 Å². The van der Waals surface area contributed by atoms with Crippen molar-refractivity contribution in [3.05, 3.63) is 129 Å². The molecule has 0 fully saturated rings. The number of hydrogen-bond acceptors (Lipinski definition) is 16. The van der Waals surface area contributed by atoms with Gasteiger partial charge in [0.05, 0.1) is 84.4 Å². The fraction of sp³-hybridized carbons (Fsp3) is 0.222. The summed E-state index contributed by atoms with van der Waals surface area (Å²) in [7, 11) is 0. The SMILES string of the molecule is CCOC(=O)c1c2ccc(-c3cc(-c4ccc5c(C(=O)OCC)c(N)c(C(=O)OCC)c-5cc4)cc(-c4ccc5c(C(=O)OCC)c(N=O)c(C(=O)OCC)c-5cc4)c3)ccc-2c(C(=O)OCC)c1N. The molecule has 4 N–H and O–H groups in total. The van der Waals surface area contributed by atoms with Crippen LogP contribution in [0.2, 0.25) is 0 Å². The second-order valence-corrected chi connectivity index (χ2v) is 15.5. The molecule has 0 unspecified atom stereocenters. The van der Waals surface area contributed by atoms with Crippen LogP contribution in [0.3, 0.4) is 0 Å². The zero-order valence-electron chi connectivity index (χ0n) is 39.3. The summed E-state index contributed by atoms with van der Waals surface area (Å²) >= 11 is 0. The van der Waals surface area contributed by atoms with E-state index in [4.69, 9.17) is 39.9 Å². The first-order valence-electron chi connectivity index (χ1n) is 22.6. The molecule has 358 valence electrons. The average molecular weight is 948 g/mol. The molecule has 0 saturated heterocycles. The van der Waals surface area contributed by atoms with Gasteiger partial charge in [0.25, 0.3) is 0 Å². The van der Waals surface area contributed by atoms with E-state index in [-0.39, 0.29) is 95.5 Å². The van der Waals surface area contributed by atoms with Crippen LogP contribution in [0.1, 0.15) is 104 Å². The van der Waals surface area contributed by atoms with Crippen LogP contribution in [-0.2, 0) is 28.4 Å². The first kappa shape index (κ1) is 49.3. The third kappa shape index (κ3) is 9.06. The number of nitroso groups, excluding NO2 is 1. The number of fused-ring (bicyclic) bond motifs is 3. The Morgan fingerprint density at radius 2 is 0.543 bits per heavy atom. The van der Waals surface area contributed by atoms with Gasteiger partial charge in [-0.15, -0.1) is 4.91 Å². The Labute approximate surface area is 402 Å². The summed E-state index contributed by atoms with van der Waals surface area (Å²) < 4.78 is 32.0. The van der Waals surface area contributed by atoms with Crippen LogP contribution in [0.5, 0.6) is 0 Å². The second-order valence-electron chi connectivity index (χ2n) is 15.5. The number of benzene rings is 1. The van der Waals surface area contributed by atoms with Crippen molar-refractivity contribution in [3.63, 3.8) is 0 Å². The predicted octanol–water partition coefficient (Wildman–Crippen LogP) is 10.6. The van der Waals surface area contributed by atoms with Crippen molar-refractivity contribution >= 4 is 52.9 Å². The average Bonchev–Trinajstić information content (AvgIpc) is 3.62. The van der Waals surface area contributed by atoms with Crippen LogP contribution in [0, 0.1) is 4.91 Å². The molecule has 0 aliphatic heterocycles. The van der Waals surface area contributed by atoms with Crippen LogP contribution in [0.4, 0.5) is 17.1 Å². The second kappa shape index (κ2) is 21.1. The summed E-state index contributed by atoms with van der Waals surface area (Å²) in [6.07, 6.45) is 0. The standard InChI is InChI=1S/C54H49N3O13/c1-7-65-49(58)40-34-19-13-28(14-20-35(34)41(46(40)55)50(59)66-8-2)31-25-32(29-15-21-36-37(22-16-29)43(52(61)68-10-4)47(56)42(36)51(60)67-9-3)27-33(26-31)30-17-23-38-39(24-18-30)45(54(63)70-12-6)48(57-64)44(38)53(62)69-11-5/h13-27H,7-12,55-56H2,1-6H3. The molecule has 1 aromatic carbocycles. The highest BCUT2D eigenvalue weighted by atomic mass is 16.6. The highest BCUT2D eigenvalue weighted by molar-refractivity contribution is 6.17. The molecule has 0 spiro atoms. The lowest BCUT2D eigenvalue weighted by molar-refractivity contribution is 0.0512. The maximum absolute atomic E-state index is 13.4. The van der Waals surface area contributed by atoms with Gasteiger partial charge in [-0.3, -0.25) is 0 Å². The molecule has 0 heterocycles. The fourth-order valence-electron chi connectivity index (χ4n) is 8.57. The molecule has 0 bridgehead atoms. The molecule has 0 saturated carbocycles. The molecule has 16 nitrogen and oxygen atoms in total. The number of carbonyl (C=O) groups is 6. The quantitative estimate of drug-likeness (QED) is 0.0520. The Morgan fingerprint density at radius 1 is 0.343 bits per heavy atom. The van der Waals surface area contributed by atoms with Gasteiger partial charge in [0.2, 0.25) is 0 Å². The normalized spacial score (nSPS) is 11.0. The summed E-state index contributed by atoms with van der Waals surface area (Å²) in [6.45, 7) is 10.1. The van der Waals surface area contributed by atoms with Crippen molar-refractivity contribution in [1.82, 2.24) is 0 Å². The number of carbonyl (C=O) groups excluding carboxylic acids is 6. The number of ether oxygens (including phenoxy) is 6. The summed E-state index contributed by atoms with van der Waals surface area (Å²) in [5.74, 6) is -4.54. The minimum atomic E-state index is -0.848. The molecule has 7 rings (SSSR count). The predicted molar refractivity (Wildman–Crippen MR) is 263 cm³/mol. The lowest BCUT2D eigenvalue weighted by Gasteiger charge is -2.10. The van der Waals surface area contributed by atoms with E-state index in [9.17, 15) is 33.7 Å². The van der Waals surface area contributed by atoms with Crippen LogP contribution < -0.4 is 11.5 Å². The van der Waals surface area contributed by atoms with Gasteiger partial charge >= 0.3 is 35.8 Å². The Hall–Kier alpha value is -8.66. The van der Waals surface area contributed by atoms with E-state index in [1.54, 1.807) is 114 Å².